The van der Waals surface area contributed by atoms with Crippen LogP contribution < -0.4 is 16.0 Å². The molecule has 2 heterocycles. The third-order valence-corrected chi connectivity index (χ3v) is 4.00. The van der Waals surface area contributed by atoms with Gasteiger partial charge in [0.1, 0.15) is 23.8 Å². The van der Waals surface area contributed by atoms with E-state index in [1.54, 1.807) is 6.07 Å². The maximum atomic E-state index is 13.2. The first kappa shape index (κ1) is 15.0. The summed E-state index contributed by atoms with van der Waals surface area (Å²) in [5.41, 5.74) is 6.60. The fraction of sp³-hybridized carbons (Fsp3) is 0.333. The van der Waals surface area contributed by atoms with Crippen molar-refractivity contribution in [2.75, 3.05) is 23.3 Å². The Bertz CT molecular complexity index is 658. The molecule has 0 amide bonds. The Morgan fingerprint density at radius 1 is 1.23 bits per heavy atom. The number of anilines is 3. The molecule has 0 spiro atoms. The summed E-state index contributed by atoms with van der Waals surface area (Å²) in [4.78, 5) is 10.7. The second kappa shape index (κ2) is 6.46. The van der Waals surface area contributed by atoms with Crippen LogP contribution in [0.1, 0.15) is 12.8 Å². The van der Waals surface area contributed by atoms with Crippen LogP contribution in [0.15, 0.2) is 30.6 Å². The molecule has 0 bridgehead atoms. The Morgan fingerprint density at radius 3 is 2.73 bits per heavy atom. The Balaban J connectivity index is 1.74. The van der Waals surface area contributed by atoms with Gasteiger partial charge < -0.3 is 16.0 Å². The van der Waals surface area contributed by atoms with Crippen molar-refractivity contribution >= 4 is 28.9 Å². The van der Waals surface area contributed by atoms with Crippen LogP contribution in [0.5, 0.6) is 0 Å². The average Bonchev–Trinajstić information content (AvgIpc) is 2.52. The summed E-state index contributed by atoms with van der Waals surface area (Å²) in [6.45, 7) is 1.78. The number of benzene rings is 1. The van der Waals surface area contributed by atoms with Crippen LogP contribution in [-0.2, 0) is 0 Å². The van der Waals surface area contributed by atoms with Crippen molar-refractivity contribution < 1.29 is 4.39 Å². The highest BCUT2D eigenvalue weighted by atomic mass is 35.5. The lowest BCUT2D eigenvalue weighted by Gasteiger charge is -2.31. The van der Waals surface area contributed by atoms with E-state index in [0.29, 0.717) is 11.5 Å². The molecule has 0 aliphatic carbocycles. The molecule has 1 saturated heterocycles. The smallest absolute Gasteiger partial charge is 0.141 e. The lowest BCUT2D eigenvalue weighted by atomic mass is 10.1. The maximum Gasteiger partial charge on any atom is 0.141 e. The van der Waals surface area contributed by atoms with Crippen molar-refractivity contribution in [2.24, 2.45) is 5.73 Å². The predicted molar refractivity (Wildman–Crippen MR) is 86.1 cm³/mol. The van der Waals surface area contributed by atoms with Crippen molar-refractivity contribution in [2.45, 2.75) is 18.9 Å². The topological polar surface area (TPSA) is 67.1 Å². The molecule has 116 valence electrons. The van der Waals surface area contributed by atoms with E-state index in [-0.39, 0.29) is 11.1 Å². The van der Waals surface area contributed by atoms with Crippen molar-refractivity contribution in [3.8, 4) is 0 Å². The number of hydrogen-bond donors (Lipinski definition) is 2. The second-order valence-corrected chi connectivity index (χ2v) is 5.75. The van der Waals surface area contributed by atoms with E-state index in [1.807, 2.05) is 6.07 Å². The van der Waals surface area contributed by atoms with Gasteiger partial charge in [0.2, 0.25) is 0 Å². The number of nitrogens with two attached hydrogens (primary N) is 1. The quantitative estimate of drug-likeness (QED) is 0.909. The molecule has 3 rings (SSSR count). The number of aromatic nitrogens is 2. The fourth-order valence-corrected chi connectivity index (χ4v) is 2.62. The van der Waals surface area contributed by atoms with E-state index in [2.05, 4.69) is 20.2 Å². The van der Waals surface area contributed by atoms with Gasteiger partial charge in [-0.2, -0.15) is 0 Å². The van der Waals surface area contributed by atoms with Crippen LogP contribution in [-0.4, -0.2) is 29.1 Å². The number of hydrogen-bond acceptors (Lipinski definition) is 5. The Hall–Kier alpha value is -1.92. The SMILES string of the molecule is NC1CCN(c2cc(Nc3ccc(F)c(Cl)c3)ncn2)CC1. The van der Waals surface area contributed by atoms with Gasteiger partial charge in [-0.15, -0.1) is 0 Å². The van der Waals surface area contributed by atoms with Crippen LogP contribution >= 0.6 is 11.6 Å². The van der Waals surface area contributed by atoms with Gasteiger partial charge in [-0.3, -0.25) is 0 Å². The molecule has 1 aliphatic heterocycles. The van der Waals surface area contributed by atoms with Crippen molar-refractivity contribution in [1.29, 1.82) is 0 Å². The molecule has 5 nitrogen and oxygen atoms in total. The lowest BCUT2D eigenvalue weighted by Crippen LogP contribution is -2.40. The first-order valence-electron chi connectivity index (χ1n) is 7.16. The average molecular weight is 322 g/mol. The molecule has 22 heavy (non-hydrogen) atoms. The molecule has 7 heteroatoms. The summed E-state index contributed by atoms with van der Waals surface area (Å²) >= 11 is 5.78. The third-order valence-electron chi connectivity index (χ3n) is 3.71. The molecule has 0 unspecified atom stereocenters. The summed E-state index contributed by atoms with van der Waals surface area (Å²) in [6.07, 6.45) is 3.43. The zero-order chi connectivity index (χ0) is 15.5. The first-order valence-corrected chi connectivity index (χ1v) is 7.54. The Morgan fingerprint density at radius 2 is 2.00 bits per heavy atom. The molecular formula is C15H17ClFN5. The van der Waals surface area contributed by atoms with E-state index in [4.69, 9.17) is 17.3 Å². The van der Waals surface area contributed by atoms with Crippen LogP contribution in [0.25, 0.3) is 0 Å². The number of nitrogens with zero attached hydrogens (tertiary/aromatic N) is 3. The highest BCUT2D eigenvalue weighted by molar-refractivity contribution is 6.31. The summed E-state index contributed by atoms with van der Waals surface area (Å²) in [7, 11) is 0. The largest absolute Gasteiger partial charge is 0.356 e. The monoisotopic (exact) mass is 321 g/mol. The first-order chi connectivity index (χ1) is 10.6. The van der Waals surface area contributed by atoms with E-state index in [9.17, 15) is 4.39 Å². The number of rotatable bonds is 3. The number of halogens is 2. The van der Waals surface area contributed by atoms with Crippen LogP contribution in [0.4, 0.5) is 21.7 Å². The maximum absolute atomic E-state index is 13.2. The zero-order valence-corrected chi connectivity index (χ0v) is 12.7. The third kappa shape index (κ3) is 3.45. The Labute approximate surface area is 133 Å². The summed E-state index contributed by atoms with van der Waals surface area (Å²) in [6, 6.07) is 6.60. The molecule has 0 saturated carbocycles. The van der Waals surface area contributed by atoms with E-state index >= 15 is 0 Å². The number of nitrogens with one attached hydrogen (secondary N) is 1. The molecule has 1 aliphatic rings. The van der Waals surface area contributed by atoms with E-state index in [0.717, 1.165) is 31.7 Å². The minimum atomic E-state index is -0.444. The van der Waals surface area contributed by atoms with Crippen LogP contribution in [0.3, 0.4) is 0 Å². The minimum absolute atomic E-state index is 0.0734. The molecule has 0 radical (unpaired) electrons. The standard InChI is InChI=1S/C15H17ClFN5/c16-12-7-11(1-2-13(12)17)21-14-8-15(20-9-19-14)22-5-3-10(18)4-6-22/h1-2,7-10H,3-6,18H2,(H,19,20,21). The van der Waals surface area contributed by atoms with Gasteiger partial charge in [-0.05, 0) is 31.0 Å². The second-order valence-electron chi connectivity index (χ2n) is 5.34. The fourth-order valence-electron chi connectivity index (χ4n) is 2.44. The zero-order valence-electron chi connectivity index (χ0n) is 12.0. The highest BCUT2D eigenvalue weighted by Crippen LogP contribution is 2.24. The van der Waals surface area contributed by atoms with Crippen molar-refractivity contribution in [3.05, 3.63) is 41.4 Å². The van der Waals surface area contributed by atoms with Gasteiger partial charge in [0, 0.05) is 30.9 Å². The van der Waals surface area contributed by atoms with Gasteiger partial charge in [0.15, 0.2) is 0 Å². The van der Waals surface area contributed by atoms with Gasteiger partial charge in [-0.25, -0.2) is 14.4 Å². The van der Waals surface area contributed by atoms with Crippen LogP contribution in [0.2, 0.25) is 5.02 Å². The van der Waals surface area contributed by atoms with Crippen LogP contribution in [0, 0.1) is 5.82 Å². The summed E-state index contributed by atoms with van der Waals surface area (Å²) in [5, 5.41) is 3.18. The lowest BCUT2D eigenvalue weighted by molar-refractivity contribution is 0.498. The summed E-state index contributed by atoms with van der Waals surface area (Å²) < 4.78 is 13.2. The summed E-state index contributed by atoms with van der Waals surface area (Å²) in [5.74, 6) is 1.06. The van der Waals surface area contributed by atoms with Gasteiger partial charge in [0.05, 0.1) is 5.02 Å². The number of piperidine rings is 1. The normalized spacial score (nSPS) is 15.9. The Kier molecular flexibility index (Phi) is 4.40. The molecule has 1 aromatic heterocycles. The molecule has 2 aromatic rings. The molecule has 1 aromatic carbocycles. The van der Waals surface area contributed by atoms with Gasteiger partial charge >= 0.3 is 0 Å². The highest BCUT2D eigenvalue weighted by Gasteiger charge is 2.17. The van der Waals surface area contributed by atoms with Gasteiger partial charge in [0.25, 0.3) is 0 Å². The minimum Gasteiger partial charge on any atom is -0.356 e. The molecule has 3 N–H and O–H groups in total. The molecular weight excluding hydrogens is 305 g/mol. The predicted octanol–water partition coefficient (Wildman–Crippen LogP) is 2.94. The van der Waals surface area contributed by atoms with E-state index < -0.39 is 5.82 Å². The molecule has 1 fully saturated rings. The molecule has 0 atom stereocenters. The van der Waals surface area contributed by atoms with Crippen molar-refractivity contribution in [3.63, 3.8) is 0 Å². The van der Waals surface area contributed by atoms with Crippen molar-refractivity contribution in [1.82, 2.24) is 9.97 Å². The van der Waals surface area contributed by atoms with Gasteiger partial charge in [-0.1, -0.05) is 11.6 Å². The van der Waals surface area contributed by atoms with E-state index in [1.165, 1.54) is 18.5 Å².